The molecule has 2 aromatic rings. The third-order valence-corrected chi connectivity index (χ3v) is 12.8. The zero-order valence-corrected chi connectivity index (χ0v) is 21.2. The van der Waals surface area contributed by atoms with E-state index in [-0.39, 0.29) is 11.4 Å². The lowest BCUT2D eigenvalue weighted by Gasteiger charge is -2.42. The van der Waals surface area contributed by atoms with Crippen LogP contribution in [0.4, 0.5) is 10.7 Å². The van der Waals surface area contributed by atoms with Gasteiger partial charge in [-0.05, 0) is 17.7 Å². The number of thiophene rings is 1. The highest BCUT2D eigenvalue weighted by atomic mass is 32.4. The van der Waals surface area contributed by atoms with E-state index in [1.807, 2.05) is 12.3 Å². The third kappa shape index (κ3) is 3.08. The second kappa shape index (κ2) is 7.89. The van der Waals surface area contributed by atoms with Crippen LogP contribution in [-0.2, 0) is 26.7 Å². The summed E-state index contributed by atoms with van der Waals surface area (Å²) < 4.78 is 13.0. The van der Waals surface area contributed by atoms with Crippen molar-refractivity contribution in [2.45, 2.75) is 19.3 Å². The molecule has 1 fully saturated rings. The molecule has 32 heavy (non-hydrogen) atoms. The van der Waals surface area contributed by atoms with Gasteiger partial charge >= 0.3 is 5.97 Å². The van der Waals surface area contributed by atoms with Crippen LogP contribution in [0.15, 0.2) is 46.3 Å². The molecule has 3 aliphatic heterocycles. The molecule has 1 aromatic carbocycles. The van der Waals surface area contributed by atoms with Gasteiger partial charge in [0.2, 0.25) is 0 Å². The van der Waals surface area contributed by atoms with Gasteiger partial charge in [-0.2, -0.15) is 0 Å². The SMILES string of the molecule is COC(=O)c1cc2c(s1)N=C/C(=C1\N(C)c3ccccc3C1(C)C)P2(=S)N1CCOCC1. The standard InChI is InChI=1S/C23H26N3O3PS2/c1-23(2)15-7-5-6-8-16(15)25(3)20(23)18-14-24-21-17(13-19(32-21)22(27)28-4)30(18,31)26-9-11-29-12-10-26/h5-8,13-14H,9-12H2,1-4H3/b20-18+. The second-order valence-electron chi connectivity index (χ2n) is 8.63. The Morgan fingerprint density at radius 2 is 2.00 bits per heavy atom. The molecule has 6 nitrogen and oxygen atoms in total. The molecule has 168 valence electrons. The number of methoxy groups -OCH3 is 1. The van der Waals surface area contributed by atoms with Gasteiger partial charge in [-0.1, -0.05) is 43.9 Å². The maximum atomic E-state index is 12.3. The summed E-state index contributed by atoms with van der Waals surface area (Å²) in [6.45, 7) is 7.35. The quantitative estimate of drug-likeness (QED) is 0.467. The topological polar surface area (TPSA) is 54.4 Å². The van der Waals surface area contributed by atoms with Crippen LogP contribution in [0.25, 0.3) is 0 Å². The first kappa shape index (κ1) is 22.0. The van der Waals surface area contributed by atoms with E-state index in [1.165, 1.54) is 35.4 Å². The van der Waals surface area contributed by atoms with Gasteiger partial charge in [0.1, 0.15) is 9.88 Å². The summed E-state index contributed by atoms with van der Waals surface area (Å²) >= 11 is 8.01. The Labute approximate surface area is 197 Å². The predicted molar refractivity (Wildman–Crippen MR) is 135 cm³/mol. The van der Waals surface area contributed by atoms with Crippen molar-refractivity contribution in [3.8, 4) is 0 Å². The van der Waals surface area contributed by atoms with Crippen molar-refractivity contribution in [1.29, 1.82) is 0 Å². The van der Waals surface area contributed by atoms with Crippen LogP contribution < -0.4 is 10.2 Å². The van der Waals surface area contributed by atoms with Crippen LogP contribution >= 0.6 is 17.5 Å². The number of hydrogen-bond donors (Lipinski definition) is 0. The lowest BCUT2D eigenvalue weighted by molar-refractivity contribution is 0.0606. The first-order valence-electron chi connectivity index (χ1n) is 10.6. The van der Waals surface area contributed by atoms with E-state index < -0.39 is 6.19 Å². The average Bonchev–Trinajstić information content (AvgIpc) is 3.33. The highest BCUT2D eigenvalue weighted by Gasteiger charge is 2.46. The Morgan fingerprint density at radius 3 is 2.69 bits per heavy atom. The molecule has 1 atom stereocenters. The van der Waals surface area contributed by atoms with Gasteiger partial charge in [0.15, 0.2) is 0 Å². The van der Waals surface area contributed by atoms with Gasteiger partial charge in [-0.15, -0.1) is 11.3 Å². The minimum atomic E-state index is -2.44. The summed E-state index contributed by atoms with van der Waals surface area (Å²) in [5.74, 6) is -0.344. The average molecular weight is 488 g/mol. The number of rotatable bonds is 2. The summed E-state index contributed by atoms with van der Waals surface area (Å²) in [6.07, 6.45) is -0.467. The number of nitrogens with zero attached hydrogens (tertiary/aromatic N) is 3. The minimum absolute atomic E-state index is 0.220. The Kier molecular flexibility index (Phi) is 5.42. The first-order valence-corrected chi connectivity index (χ1v) is 14.2. The molecular weight excluding hydrogens is 461 g/mol. The Bertz CT molecular complexity index is 1210. The molecule has 5 rings (SSSR count). The fourth-order valence-electron chi connectivity index (χ4n) is 5.01. The van der Waals surface area contributed by atoms with E-state index in [4.69, 9.17) is 26.3 Å². The van der Waals surface area contributed by atoms with Crippen molar-refractivity contribution in [3.05, 3.63) is 51.8 Å². The number of aliphatic imine (C=N–C) groups is 1. The summed E-state index contributed by atoms with van der Waals surface area (Å²) in [7, 11) is 3.52. The van der Waals surface area contributed by atoms with E-state index in [9.17, 15) is 4.79 Å². The van der Waals surface area contributed by atoms with Crippen molar-refractivity contribution >= 4 is 57.5 Å². The molecule has 0 amide bonds. The summed E-state index contributed by atoms with van der Waals surface area (Å²) in [6, 6.07) is 10.5. The van der Waals surface area contributed by atoms with Gasteiger partial charge in [0.25, 0.3) is 0 Å². The highest BCUT2D eigenvalue weighted by molar-refractivity contribution is 8.19. The molecule has 0 aliphatic carbocycles. The number of anilines is 1. The number of carbonyl (C=O) groups excluding carboxylic acids is 1. The molecule has 0 spiro atoms. The van der Waals surface area contributed by atoms with Gasteiger partial charge in [-0.3, -0.25) is 4.67 Å². The Balaban J connectivity index is 1.77. The van der Waals surface area contributed by atoms with Crippen LogP contribution in [0.3, 0.4) is 0 Å². The Morgan fingerprint density at radius 1 is 1.28 bits per heavy atom. The smallest absolute Gasteiger partial charge is 0.348 e. The number of hydrogen-bond acceptors (Lipinski definition) is 7. The van der Waals surface area contributed by atoms with E-state index in [0.29, 0.717) is 18.1 Å². The van der Waals surface area contributed by atoms with Crippen LogP contribution in [0.2, 0.25) is 0 Å². The van der Waals surface area contributed by atoms with Gasteiger partial charge in [-0.25, -0.2) is 9.79 Å². The number of allylic oxidation sites excluding steroid dienone is 2. The zero-order chi connectivity index (χ0) is 22.7. The minimum Gasteiger partial charge on any atom is -0.465 e. The number of morpholine rings is 1. The number of benzene rings is 1. The van der Waals surface area contributed by atoms with Gasteiger partial charge < -0.3 is 14.4 Å². The second-order valence-corrected chi connectivity index (χ2v) is 13.9. The first-order chi connectivity index (χ1) is 15.3. The number of esters is 1. The summed E-state index contributed by atoms with van der Waals surface area (Å²) in [5.41, 5.74) is 3.45. The summed E-state index contributed by atoms with van der Waals surface area (Å²) in [5, 5.41) is 2.91. The molecule has 0 radical (unpaired) electrons. The molecule has 0 N–H and O–H groups in total. The predicted octanol–water partition coefficient (Wildman–Crippen LogP) is 4.24. The zero-order valence-electron chi connectivity index (χ0n) is 18.6. The number of likely N-dealkylation sites (N-methyl/N-ethyl adjacent to an activating group) is 1. The van der Waals surface area contributed by atoms with E-state index in [2.05, 4.69) is 54.7 Å². The molecule has 3 aliphatic rings. The fraction of sp³-hybridized carbons (Fsp3) is 0.391. The monoisotopic (exact) mass is 487 g/mol. The van der Waals surface area contributed by atoms with Crippen molar-refractivity contribution < 1.29 is 14.3 Å². The third-order valence-electron chi connectivity index (χ3n) is 6.53. The van der Waals surface area contributed by atoms with Crippen molar-refractivity contribution in [1.82, 2.24) is 4.67 Å². The number of ether oxygens (including phenoxy) is 2. The molecule has 0 saturated carbocycles. The number of carbonyl (C=O) groups is 1. The number of para-hydroxylation sites is 1. The summed E-state index contributed by atoms with van der Waals surface area (Å²) in [4.78, 5) is 20.0. The maximum absolute atomic E-state index is 12.3. The molecular formula is C23H26N3O3PS2. The van der Waals surface area contributed by atoms with E-state index in [0.717, 1.165) is 28.7 Å². The highest BCUT2D eigenvalue weighted by Crippen LogP contribution is 2.64. The van der Waals surface area contributed by atoms with Crippen molar-refractivity contribution in [3.63, 3.8) is 0 Å². The fourth-order valence-corrected chi connectivity index (χ4v) is 11.1. The van der Waals surface area contributed by atoms with Crippen LogP contribution in [0.1, 0.15) is 29.1 Å². The lowest BCUT2D eigenvalue weighted by atomic mass is 9.84. The largest absolute Gasteiger partial charge is 0.465 e. The van der Waals surface area contributed by atoms with Crippen LogP contribution in [0.5, 0.6) is 0 Å². The molecule has 9 heteroatoms. The lowest BCUT2D eigenvalue weighted by Crippen LogP contribution is -2.39. The maximum Gasteiger partial charge on any atom is 0.348 e. The molecule has 1 unspecified atom stereocenters. The normalized spacial score (nSPS) is 26.7. The van der Waals surface area contributed by atoms with Crippen LogP contribution in [-0.4, -0.2) is 57.3 Å². The van der Waals surface area contributed by atoms with Crippen LogP contribution in [0, 0.1) is 0 Å². The van der Waals surface area contributed by atoms with Gasteiger partial charge in [0, 0.05) is 53.8 Å². The molecule has 0 bridgehead atoms. The van der Waals surface area contributed by atoms with Crippen molar-refractivity contribution in [2.24, 2.45) is 4.99 Å². The van der Waals surface area contributed by atoms with E-state index >= 15 is 0 Å². The Hall–Kier alpha value is -1.83. The van der Waals surface area contributed by atoms with Gasteiger partial charge in [0.05, 0.1) is 26.5 Å². The molecule has 4 heterocycles. The number of fused-ring (bicyclic) bond motifs is 2. The molecule has 1 saturated heterocycles. The van der Waals surface area contributed by atoms with Crippen molar-refractivity contribution in [2.75, 3.05) is 45.4 Å². The molecule has 1 aromatic heterocycles. The van der Waals surface area contributed by atoms with E-state index in [1.54, 1.807) is 0 Å².